The lowest BCUT2D eigenvalue weighted by molar-refractivity contribution is -0.148. The highest BCUT2D eigenvalue weighted by molar-refractivity contribution is 6.32. The van der Waals surface area contributed by atoms with E-state index >= 15 is 0 Å². The van der Waals surface area contributed by atoms with Crippen molar-refractivity contribution in [2.24, 2.45) is 0 Å². The van der Waals surface area contributed by atoms with E-state index in [1.165, 1.54) is 12.1 Å². The molecule has 0 radical (unpaired) electrons. The molecule has 0 aromatic carbocycles. The zero-order chi connectivity index (χ0) is 14.8. The molecule has 1 aliphatic heterocycles. The smallest absolute Gasteiger partial charge is 0.314 e. The number of aromatic nitrogens is 1. The normalized spacial score (nSPS) is 17.3. The van der Waals surface area contributed by atoms with Gasteiger partial charge in [-0.15, -0.1) is 24.8 Å². The number of alkyl halides is 3. The monoisotopic (exact) mass is 399 g/mol. The van der Waals surface area contributed by atoms with Crippen molar-refractivity contribution in [2.75, 3.05) is 26.2 Å². The molecule has 0 bridgehead atoms. The molecule has 0 unspecified atom stereocenters. The molecule has 3 nitrogen and oxygen atoms in total. The fraction of sp³-hybridized carbons (Fsp3) is 0.583. The van der Waals surface area contributed by atoms with Crippen LogP contribution in [0.1, 0.15) is 18.0 Å². The SMILES string of the molecule is Cl.Cl.FC(F)(F)C[C@@H](c1ccc(Cl)nc1Cl)N1CCNCC1. The van der Waals surface area contributed by atoms with Crippen LogP contribution in [0.3, 0.4) is 0 Å². The molecule has 0 amide bonds. The predicted molar refractivity (Wildman–Crippen MR) is 86.6 cm³/mol. The molecule has 1 aromatic heterocycles. The van der Waals surface area contributed by atoms with Crippen molar-refractivity contribution in [2.45, 2.75) is 18.6 Å². The summed E-state index contributed by atoms with van der Waals surface area (Å²) >= 11 is 11.7. The molecule has 22 heavy (non-hydrogen) atoms. The molecular formula is C12H16Cl4F3N3. The van der Waals surface area contributed by atoms with Crippen LogP contribution in [0.25, 0.3) is 0 Å². The average Bonchev–Trinajstić information content (AvgIpc) is 2.36. The fourth-order valence-corrected chi connectivity index (χ4v) is 2.79. The lowest BCUT2D eigenvalue weighted by Crippen LogP contribution is -2.46. The van der Waals surface area contributed by atoms with Crippen molar-refractivity contribution < 1.29 is 13.2 Å². The van der Waals surface area contributed by atoms with Crippen molar-refractivity contribution >= 4 is 48.0 Å². The largest absolute Gasteiger partial charge is 0.390 e. The maximum Gasteiger partial charge on any atom is 0.390 e. The van der Waals surface area contributed by atoms with Crippen molar-refractivity contribution in [3.05, 3.63) is 28.0 Å². The summed E-state index contributed by atoms with van der Waals surface area (Å²) in [5.41, 5.74) is 0.371. The summed E-state index contributed by atoms with van der Waals surface area (Å²) in [5.74, 6) is 0. The van der Waals surface area contributed by atoms with Crippen LogP contribution < -0.4 is 5.32 Å². The third-order valence-corrected chi connectivity index (χ3v) is 3.73. The summed E-state index contributed by atoms with van der Waals surface area (Å²) in [6, 6.07) is 2.17. The Morgan fingerprint density at radius 1 is 1.18 bits per heavy atom. The molecule has 128 valence electrons. The number of halogens is 7. The van der Waals surface area contributed by atoms with Gasteiger partial charge in [0.1, 0.15) is 10.3 Å². The van der Waals surface area contributed by atoms with Crippen molar-refractivity contribution in [1.82, 2.24) is 15.2 Å². The maximum absolute atomic E-state index is 12.8. The van der Waals surface area contributed by atoms with Gasteiger partial charge in [0.25, 0.3) is 0 Å². The summed E-state index contributed by atoms with van der Waals surface area (Å²) in [5, 5.41) is 3.32. The molecule has 2 heterocycles. The first-order valence-corrected chi connectivity index (χ1v) is 6.96. The quantitative estimate of drug-likeness (QED) is 0.773. The molecule has 1 fully saturated rings. The van der Waals surface area contributed by atoms with Gasteiger partial charge in [-0.1, -0.05) is 29.3 Å². The number of piperazine rings is 1. The highest BCUT2D eigenvalue weighted by atomic mass is 35.5. The molecule has 0 aliphatic carbocycles. The number of hydrogen-bond acceptors (Lipinski definition) is 3. The molecule has 1 atom stereocenters. The van der Waals surface area contributed by atoms with Gasteiger partial charge in [-0.05, 0) is 6.07 Å². The van der Waals surface area contributed by atoms with Gasteiger partial charge in [-0.2, -0.15) is 13.2 Å². The van der Waals surface area contributed by atoms with Crippen LogP contribution in [0.5, 0.6) is 0 Å². The van der Waals surface area contributed by atoms with E-state index in [0.29, 0.717) is 31.7 Å². The topological polar surface area (TPSA) is 28.2 Å². The van der Waals surface area contributed by atoms with Crippen LogP contribution in [-0.4, -0.2) is 42.2 Å². The molecule has 2 rings (SSSR count). The molecule has 1 N–H and O–H groups in total. The van der Waals surface area contributed by atoms with Crippen molar-refractivity contribution in [1.29, 1.82) is 0 Å². The van der Waals surface area contributed by atoms with E-state index in [1.807, 2.05) is 0 Å². The van der Waals surface area contributed by atoms with Gasteiger partial charge >= 0.3 is 6.18 Å². The standard InChI is InChI=1S/C12H14Cl2F3N3.2ClH/c13-10-2-1-8(11(14)19-10)9(7-12(15,16)17)20-5-3-18-4-6-20;;/h1-2,9,18H,3-7H2;2*1H/t9-;;/m0../s1. The summed E-state index contributed by atoms with van der Waals surface area (Å²) < 4.78 is 38.5. The summed E-state index contributed by atoms with van der Waals surface area (Å²) in [4.78, 5) is 5.62. The van der Waals surface area contributed by atoms with Gasteiger partial charge in [0.05, 0.1) is 6.42 Å². The Hall–Kier alpha value is 0.0200. The van der Waals surface area contributed by atoms with Crippen LogP contribution in [-0.2, 0) is 0 Å². The lowest BCUT2D eigenvalue weighted by atomic mass is 10.0. The number of nitrogens with zero attached hydrogens (tertiary/aromatic N) is 2. The Kier molecular flexibility index (Phi) is 9.36. The zero-order valence-electron chi connectivity index (χ0n) is 11.4. The van der Waals surface area contributed by atoms with Gasteiger partial charge < -0.3 is 5.32 Å². The second kappa shape index (κ2) is 9.35. The van der Waals surface area contributed by atoms with Gasteiger partial charge in [0, 0.05) is 37.8 Å². The Labute approximate surface area is 149 Å². The Morgan fingerprint density at radius 2 is 1.77 bits per heavy atom. The molecule has 0 saturated carbocycles. The summed E-state index contributed by atoms with van der Waals surface area (Å²) in [6.07, 6.45) is -5.21. The highest BCUT2D eigenvalue weighted by Gasteiger charge is 2.37. The summed E-state index contributed by atoms with van der Waals surface area (Å²) in [6.45, 7) is 2.40. The molecule has 1 saturated heterocycles. The summed E-state index contributed by atoms with van der Waals surface area (Å²) in [7, 11) is 0. The first-order valence-electron chi connectivity index (χ1n) is 6.20. The van der Waals surface area contributed by atoms with Crippen LogP contribution in [0.15, 0.2) is 12.1 Å². The Morgan fingerprint density at radius 3 is 2.27 bits per heavy atom. The van der Waals surface area contributed by atoms with E-state index in [1.54, 1.807) is 4.90 Å². The van der Waals surface area contributed by atoms with E-state index in [2.05, 4.69) is 10.3 Å². The van der Waals surface area contributed by atoms with Gasteiger partial charge in [0.15, 0.2) is 0 Å². The van der Waals surface area contributed by atoms with E-state index in [-0.39, 0.29) is 35.1 Å². The lowest BCUT2D eigenvalue weighted by Gasteiger charge is -2.35. The number of pyridine rings is 1. The van der Waals surface area contributed by atoms with E-state index in [0.717, 1.165) is 0 Å². The Balaban J connectivity index is 0.00000220. The van der Waals surface area contributed by atoms with Gasteiger partial charge in [0.2, 0.25) is 0 Å². The van der Waals surface area contributed by atoms with E-state index in [9.17, 15) is 13.2 Å². The minimum Gasteiger partial charge on any atom is -0.314 e. The number of nitrogens with one attached hydrogen (secondary N) is 1. The first kappa shape index (κ1) is 22.0. The van der Waals surface area contributed by atoms with Gasteiger partial charge in [-0.3, -0.25) is 4.90 Å². The van der Waals surface area contributed by atoms with Crippen LogP contribution >= 0.6 is 48.0 Å². The maximum atomic E-state index is 12.8. The van der Waals surface area contributed by atoms with Crippen LogP contribution in [0.2, 0.25) is 10.3 Å². The second-order valence-corrected chi connectivity index (χ2v) is 5.38. The molecule has 1 aliphatic rings. The van der Waals surface area contributed by atoms with E-state index < -0.39 is 18.6 Å². The highest BCUT2D eigenvalue weighted by Crippen LogP contribution is 2.36. The molecular weight excluding hydrogens is 385 g/mol. The third-order valence-electron chi connectivity index (χ3n) is 3.22. The zero-order valence-corrected chi connectivity index (χ0v) is 14.5. The average molecular weight is 401 g/mol. The minimum absolute atomic E-state index is 0. The second-order valence-electron chi connectivity index (χ2n) is 4.64. The first-order chi connectivity index (χ1) is 9.37. The van der Waals surface area contributed by atoms with Crippen LogP contribution in [0, 0.1) is 0 Å². The fourth-order valence-electron chi connectivity index (χ4n) is 2.32. The van der Waals surface area contributed by atoms with Gasteiger partial charge in [-0.25, -0.2) is 4.98 Å². The van der Waals surface area contributed by atoms with Crippen LogP contribution in [0.4, 0.5) is 13.2 Å². The number of hydrogen-bond donors (Lipinski definition) is 1. The minimum atomic E-state index is -4.27. The molecule has 1 aromatic rings. The van der Waals surface area contributed by atoms with E-state index in [4.69, 9.17) is 23.2 Å². The Bertz CT molecular complexity index is 467. The molecule has 10 heteroatoms. The third kappa shape index (κ3) is 6.26. The predicted octanol–water partition coefficient (Wildman–Crippen LogP) is 4.13. The van der Waals surface area contributed by atoms with Crippen molar-refractivity contribution in [3.8, 4) is 0 Å². The molecule has 0 spiro atoms. The van der Waals surface area contributed by atoms with Crippen molar-refractivity contribution in [3.63, 3.8) is 0 Å². The number of rotatable bonds is 3.